The predicted molar refractivity (Wildman–Crippen MR) is 124 cm³/mol. The fraction of sp³-hybridized carbons (Fsp3) is 0.269. The maximum atomic E-state index is 13.5. The van der Waals surface area contributed by atoms with Crippen LogP contribution >= 0.6 is 0 Å². The number of carbonyl (C=O) groups excluding carboxylic acids is 1. The minimum atomic E-state index is -0.364. The van der Waals surface area contributed by atoms with Crippen LogP contribution in [0.2, 0.25) is 0 Å². The number of benzene rings is 3. The van der Waals surface area contributed by atoms with Gasteiger partial charge in [0.15, 0.2) is 0 Å². The Balaban J connectivity index is 1.53. The third-order valence-electron chi connectivity index (χ3n) is 5.89. The van der Waals surface area contributed by atoms with Crippen molar-refractivity contribution in [3.8, 4) is 0 Å². The predicted octanol–water partition coefficient (Wildman–Crippen LogP) is 4.94. The van der Waals surface area contributed by atoms with Crippen LogP contribution in [0.15, 0.2) is 72.8 Å². The summed E-state index contributed by atoms with van der Waals surface area (Å²) in [6.45, 7) is 7.10. The highest BCUT2D eigenvalue weighted by molar-refractivity contribution is 5.96. The summed E-state index contributed by atoms with van der Waals surface area (Å²) >= 11 is 0. The largest absolute Gasteiger partial charge is 0.369 e. The number of hydrogen-bond donors (Lipinski definition) is 1. The maximum Gasteiger partial charge on any atom is 0.246 e. The Bertz CT molecular complexity index is 1030. The van der Waals surface area contributed by atoms with E-state index in [1.54, 1.807) is 0 Å². The van der Waals surface area contributed by atoms with E-state index in [2.05, 4.69) is 15.1 Å². The van der Waals surface area contributed by atoms with E-state index >= 15 is 0 Å². The van der Waals surface area contributed by atoms with Crippen molar-refractivity contribution in [2.45, 2.75) is 19.9 Å². The van der Waals surface area contributed by atoms with Gasteiger partial charge in [-0.25, -0.2) is 4.39 Å². The molecule has 1 aliphatic rings. The number of aryl methyl sites for hydroxylation is 2. The molecule has 4 nitrogen and oxygen atoms in total. The molecule has 0 unspecified atom stereocenters. The van der Waals surface area contributed by atoms with Crippen LogP contribution < -0.4 is 10.2 Å². The van der Waals surface area contributed by atoms with Crippen molar-refractivity contribution in [2.24, 2.45) is 0 Å². The van der Waals surface area contributed by atoms with Crippen LogP contribution in [0.1, 0.15) is 22.7 Å². The SMILES string of the molecule is Cc1ccc(C)c(NC(=O)[C@H](c2ccccc2)N2CCN(c3ccc(F)cc3)CC2)c1. The molecule has 1 saturated heterocycles. The summed E-state index contributed by atoms with van der Waals surface area (Å²) < 4.78 is 13.3. The van der Waals surface area contributed by atoms with Gasteiger partial charge in [-0.1, -0.05) is 42.5 Å². The van der Waals surface area contributed by atoms with Crippen LogP contribution in [-0.2, 0) is 4.79 Å². The minimum absolute atomic E-state index is 0.0184. The van der Waals surface area contributed by atoms with Crippen LogP contribution in [0.5, 0.6) is 0 Å². The maximum absolute atomic E-state index is 13.5. The van der Waals surface area contributed by atoms with Crippen molar-refractivity contribution < 1.29 is 9.18 Å². The smallest absolute Gasteiger partial charge is 0.246 e. The van der Waals surface area contributed by atoms with E-state index in [4.69, 9.17) is 0 Å². The first kappa shape index (κ1) is 21.1. The molecule has 0 aromatic heterocycles. The molecule has 3 aromatic rings. The molecule has 1 heterocycles. The molecule has 0 saturated carbocycles. The number of nitrogens with one attached hydrogen (secondary N) is 1. The molecule has 31 heavy (non-hydrogen) atoms. The van der Waals surface area contributed by atoms with Crippen molar-refractivity contribution in [3.05, 3.63) is 95.3 Å². The molecule has 1 fully saturated rings. The lowest BCUT2D eigenvalue weighted by molar-refractivity contribution is -0.121. The van der Waals surface area contributed by atoms with Crippen LogP contribution in [0.3, 0.4) is 0 Å². The van der Waals surface area contributed by atoms with Gasteiger partial charge in [-0.3, -0.25) is 9.69 Å². The molecule has 0 aliphatic carbocycles. The Morgan fingerprint density at radius 2 is 1.58 bits per heavy atom. The normalized spacial score (nSPS) is 15.5. The molecule has 3 aromatic carbocycles. The molecular formula is C26H28FN3O. The zero-order chi connectivity index (χ0) is 21.8. The van der Waals surface area contributed by atoms with Gasteiger partial charge in [0.25, 0.3) is 0 Å². The Morgan fingerprint density at radius 3 is 2.26 bits per heavy atom. The molecule has 4 rings (SSSR count). The van der Waals surface area contributed by atoms with Crippen LogP contribution in [-0.4, -0.2) is 37.0 Å². The van der Waals surface area contributed by atoms with E-state index in [0.29, 0.717) is 0 Å². The number of halogens is 1. The lowest BCUT2D eigenvalue weighted by Crippen LogP contribution is -2.50. The average Bonchev–Trinajstić information content (AvgIpc) is 2.78. The van der Waals surface area contributed by atoms with Crippen molar-refractivity contribution >= 4 is 17.3 Å². The lowest BCUT2D eigenvalue weighted by atomic mass is 10.0. The van der Waals surface area contributed by atoms with Gasteiger partial charge in [0.2, 0.25) is 5.91 Å². The minimum Gasteiger partial charge on any atom is -0.369 e. The molecular weight excluding hydrogens is 389 g/mol. The summed E-state index contributed by atoms with van der Waals surface area (Å²) in [6, 6.07) is 22.3. The third kappa shape index (κ3) is 4.94. The summed E-state index contributed by atoms with van der Waals surface area (Å²) in [5.41, 5.74) is 5.02. The van der Waals surface area contributed by atoms with Gasteiger partial charge in [0.1, 0.15) is 11.9 Å². The number of carbonyl (C=O) groups is 1. The highest BCUT2D eigenvalue weighted by Gasteiger charge is 2.30. The number of nitrogens with zero attached hydrogens (tertiary/aromatic N) is 2. The zero-order valence-corrected chi connectivity index (χ0v) is 18.0. The molecule has 0 spiro atoms. The standard InChI is InChI=1S/C26H28FN3O/c1-19-8-9-20(2)24(18-19)28-26(31)25(21-6-4-3-5-7-21)30-16-14-29(15-17-30)23-12-10-22(27)11-13-23/h3-13,18,25H,14-17H2,1-2H3,(H,28,31)/t25-/m0/s1. The summed E-state index contributed by atoms with van der Waals surface area (Å²) in [4.78, 5) is 17.9. The first-order valence-electron chi connectivity index (χ1n) is 10.7. The van der Waals surface area contributed by atoms with Crippen LogP contribution in [0.4, 0.5) is 15.8 Å². The molecule has 1 aliphatic heterocycles. The number of piperazine rings is 1. The second-order valence-corrected chi connectivity index (χ2v) is 8.12. The average molecular weight is 418 g/mol. The topological polar surface area (TPSA) is 35.6 Å². The fourth-order valence-corrected chi connectivity index (χ4v) is 4.13. The highest BCUT2D eigenvalue weighted by atomic mass is 19.1. The molecule has 0 bridgehead atoms. The lowest BCUT2D eigenvalue weighted by Gasteiger charge is -2.39. The van der Waals surface area contributed by atoms with E-state index in [0.717, 1.165) is 54.2 Å². The summed E-state index contributed by atoms with van der Waals surface area (Å²) in [7, 11) is 0. The first-order valence-corrected chi connectivity index (χ1v) is 10.7. The molecule has 5 heteroatoms. The Morgan fingerprint density at radius 1 is 0.903 bits per heavy atom. The van der Waals surface area contributed by atoms with E-state index in [-0.39, 0.29) is 17.8 Å². The highest BCUT2D eigenvalue weighted by Crippen LogP contribution is 2.27. The van der Waals surface area contributed by atoms with Gasteiger partial charge < -0.3 is 10.2 Å². The van der Waals surface area contributed by atoms with Gasteiger partial charge in [-0.05, 0) is 60.9 Å². The van der Waals surface area contributed by atoms with Crippen LogP contribution in [0, 0.1) is 19.7 Å². The van der Waals surface area contributed by atoms with Gasteiger partial charge in [0, 0.05) is 37.6 Å². The Kier molecular flexibility index (Phi) is 6.33. The summed E-state index contributed by atoms with van der Waals surface area (Å²) in [6.07, 6.45) is 0. The number of amides is 1. The second-order valence-electron chi connectivity index (χ2n) is 8.12. The summed E-state index contributed by atoms with van der Waals surface area (Å²) in [5.74, 6) is -0.246. The molecule has 160 valence electrons. The van der Waals surface area contributed by atoms with Gasteiger partial charge in [-0.15, -0.1) is 0 Å². The van der Waals surface area contributed by atoms with Crippen molar-refractivity contribution in [1.82, 2.24) is 4.90 Å². The third-order valence-corrected chi connectivity index (χ3v) is 5.89. The van der Waals surface area contributed by atoms with Crippen molar-refractivity contribution in [2.75, 3.05) is 36.4 Å². The van der Waals surface area contributed by atoms with Crippen molar-refractivity contribution in [3.63, 3.8) is 0 Å². The van der Waals surface area contributed by atoms with E-state index in [1.807, 2.05) is 74.5 Å². The number of hydrogen-bond acceptors (Lipinski definition) is 3. The molecule has 1 amide bonds. The van der Waals surface area contributed by atoms with Gasteiger partial charge >= 0.3 is 0 Å². The Labute approximate surface area is 183 Å². The Hall–Kier alpha value is -3.18. The van der Waals surface area contributed by atoms with E-state index in [1.165, 1.54) is 12.1 Å². The van der Waals surface area contributed by atoms with Gasteiger partial charge in [-0.2, -0.15) is 0 Å². The van der Waals surface area contributed by atoms with E-state index < -0.39 is 0 Å². The summed E-state index contributed by atoms with van der Waals surface area (Å²) in [5, 5.41) is 3.16. The molecule has 1 atom stereocenters. The second kappa shape index (κ2) is 9.31. The van der Waals surface area contributed by atoms with E-state index in [9.17, 15) is 9.18 Å². The van der Waals surface area contributed by atoms with Gasteiger partial charge in [0.05, 0.1) is 0 Å². The zero-order valence-electron chi connectivity index (χ0n) is 18.0. The molecule has 1 N–H and O–H groups in total. The number of rotatable bonds is 5. The van der Waals surface area contributed by atoms with Crippen LogP contribution in [0.25, 0.3) is 0 Å². The monoisotopic (exact) mass is 417 g/mol. The van der Waals surface area contributed by atoms with Crippen molar-refractivity contribution in [1.29, 1.82) is 0 Å². The first-order chi connectivity index (χ1) is 15.0. The number of anilines is 2. The fourth-order valence-electron chi connectivity index (χ4n) is 4.13. The molecule has 0 radical (unpaired) electrons. The quantitative estimate of drug-likeness (QED) is 0.638.